The van der Waals surface area contributed by atoms with Crippen molar-refractivity contribution in [2.24, 2.45) is 0 Å². The Morgan fingerprint density at radius 1 is 0.474 bits per heavy atom. The summed E-state index contributed by atoms with van der Waals surface area (Å²) in [5.74, 6) is 0. The Hall–Kier alpha value is -2.56. The summed E-state index contributed by atoms with van der Waals surface area (Å²) in [7, 11) is 0. The SMILES string of the molecule is CC.CC(C)(C)c1ccc(-c2cccc(-c3ccc(C(C)(C)C)cc3)c2N)cc1.Nc1c(Br)cccc1Br. The summed E-state index contributed by atoms with van der Waals surface area (Å²) in [5, 5.41) is 0. The molecule has 0 aromatic heterocycles. The first-order valence-corrected chi connectivity index (χ1v) is 14.7. The zero-order valence-electron chi connectivity index (χ0n) is 24.0. The van der Waals surface area contributed by atoms with Crippen LogP contribution in [0.4, 0.5) is 11.4 Å². The number of benzene rings is 4. The fraction of sp³-hybridized carbons (Fsp3) is 0.294. The highest BCUT2D eigenvalue weighted by Gasteiger charge is 2.16. The molecule has 4 aromatic rings. The molecule has 4 aromatic carbocycles. The van der Waals surface area contributed by atoms with E-state index in [9.17, 15) is 0 Å². The van der Waals surface area contributed by atoms with Crippen LogP contribution in [0, 0.1) is 0 Å². The van der Waals surface area contributed by atoms with Gasteiger partial charge in [-0.25, -0.2) is 0 Å². The van der Waals surface area contributed by atoms with Gasteiger partial charge in [-0.3, -0.25) is 0 Å². The first kappa shape index (κ1) is 31.7. The molecule has 0 unspecified atom stereocenters. The smallest absolute Gasteiger partial charge is 0.0602 e. The highest BCUT2D eigenvalue weighted by atomic mass is 79.9. The third-order valence-electron chi connectivity index (χ3n) is 6.23. The van der Waals surface area contributed by atoms with Crippen LogP contribution < -0.4 is 11.5 Å². The lowest BCUT2D eigenvalue weighted by Crippen LogP contribution is -2.10. The fourth-order valence-electron chi connectivity index (χ4n) is 3.88. The van der Waals surface area contributed by atoms with E-state index in [4.69, 9.17) is 11.5 Å². The maximum Gasteiger partial charge on any atom is 0.0602 e. The van der Waals surface area contributed by atoms with Gasteiger partial charge in [-0.1, -0.05) is 128 Å². The normalized spacial score (nSPS) is 11.1. The quantitative estimate of drug-likeness (QED) is 0.215. The summed E-state index contributed by atoms with van der Waals surface area (Å²) in [4.78, 5) is 0. The molecule has 0 atom stereocenters. The average Bonchev–Trinajstić information content (AvgIpc) is 2.88. The largest absolute Gasteiger partial charge is 0.398 e. The van der Waals surface area contributed by atoms with Crippen LogP contribution >= 0.6 is 31.9 Å². The van der Waals surface area contributed by atoms with Crippen molar-refractivity contribution in [2.45, 2.75) is 66.2 Å². The van der Waals surface area contributed by atoms with Gasteiger partial charge in [0.1, 0.15) is 0 Å². The fourth-order valence-corrected chi connectivity index (χ4v) is 4.88. The molecule has 0 bridgehead atoms. The van der Waals surface area contributed by atoms with Crippen LogP contribution in [0.3, 0.4) is 0 Å². The minimum atomic E-state index is 0.153. The topological polar surface area (TPSA) is 52.0 Å². The number of nitrogens with two attached hydrogens (primary N) is 2. The molecular formula is C34H42Br2N2. The molecular weight excluding hydrogens is 596 g/mol. The van der Waals surface area contributed by atoms with E-state index >= 15 is 0 Å². The highest BCUT2D eigenvalue weighted by Crippen LogP contribution is 2.36. The number of nitrogen functional groups attached to an aromatic ring is 2. The van der Waals surface area contributed by atoms with E-state index in [2.05, 4.69) is 140 Å². The van der Waals surface area contributed by atoms with Gasteiger partial charge in [-0.05, 0) is 77.1 Å². The molecule has 0 heterocycles. The number of hydrogen-bond acceptors (Lipinski definition) is 2. The summed E-state index contributed by atoms with van der Waals surface area (Å²) in [6, 6.07) is 29.6. The van der Waals surface area contributed by atoms with Gasteiger partial charge in [0.05, 0.1) is 5.69 Å². The predicted molar refractivity (Wildman–Crippen MR) is 177 cm³/mol. The van der Waals surface area contributed by atoms with Crippen LogP contribution in [0.5, 0.6) is 0 Å². The standard InChI is InChI=1S/C26H31N.C6H5Br2N.C2H6/c1-25(2,3)20-14-10-18(11-15-20)22-8-7-9-23(24(22)27)19-12-16-21(17-13-19)26(4,5)6;7-4-2-1-3-5(8)6(4)9;1-2/h7-17H,27H2,1-6H3;1-3H,9H2;1-2H3. The van der Waals surface area contributed by atoms with Gasteiger partial charge in [0.2, 0.25) is 0 Å². The second-order valence-electron chi connectivity index (χ2n) is 11.1. The van der Waals surface area contributed by atoms with Gasteiger partial charge in [-0.2, -0.15) is 0 Å². The molecule has 0 amide bonds. The molecule has 202 valence electrons. The summed E-state index contributed by atoms with van der Waals surface area (Å²) >= 11 is 6.58. The summed E-state index contributed by atoms with van der Waals surface area (Å²) in [6.07, 6.45) is 0. The van der Waals surface area contributed by atoms with Crippen molar-refractivity contribution in [2.75, 3.05) is 11.5 Å². The summed E-state index contributed by atoms with van der Waals surface area (Å²) in [5.41, 5.74) is 21.2. The molecule has 0 fully saturated rings. The van der Waals surface area contributed by atoms with Crippen molar-refractivity contribution in [1.29, 1.82) is 0 Å². The number of anilines is 2. The monoisotopic (exact) mass is 636 g/mol. The molecule has 0 saturated heterocycles. The maximum absolute atomic E-state index is 6.60. The lowest BCUT2D eigenvalue weighted by Gasteiger charge is -2.20. The number of rotatable bonds is 2. The van der Waals surface area contributed by atoms with Crippen molar-refractivity contribution < 1.29 is 0 Å². The molecule has 0 aliphatic rings. The Morgan fingerprint density at radius 2 is 0.789 bits per heavy atom. The molecule has 0 aliphatic carbocycles. The van der Waals surface area contributed by atoms with Crippen molar-refractivity contribution >= 4 is 43.2 Å². The van der Waals surface area contributed by atoms with Crippen molar-refractivity contribution in [3.8, 4) is 22.3 Å². The van der Waals surface area contributed by atoms with Gasteiger partial charge < -0.3 is 11.5 Å². The van der Waals surface area contributed by atoms with Gasteiger partial charge in [-0.15, -0.1) is 0 Å². The molecule has 0 saturated carbocycles. The Labute approximate surface area is 247 Å². The molecule has 0 spiro atoms. The van der Waals surface area contributed by atoms with E-state index in [1.54, 1.807) is 0 Å². The van der Waals surface area contributed by atoms with Gasteiger partial charge in [0.25, 0.3) is 0 Å². The van der Waals surface area contributed by atoms with E-state index < -0.39 is 0 Å². The van der Waals surface area contributed by atoms with E-state index in [1.807, 2.05) is 32.0 Å². The van der Waals surface area contributed by atoms with Crippen LogP contribution in [0.1, 0.15) is 66.5 Å². The third-order valence-corrected chi connectivity index (χ3v) is 7.61. The molecule has 4 N–H and O–H groups in total. The van der Waals surface area contributed by atoms with Crippen LogP contribution in [0.2, 0.25) is 0 Å². The molecule has 4 rings (SSSR count). The highest BCUT2D eigenvalue weighted by molar-refractivity contribution is 9.11. The molecule has 2 nitrogen and oxygen atoms in total. The zero-order chi connectivity index (χ0) is 28.7. The average molecular weight is 639 g/mol. The zero-order valence-corrected chi connectivity index (χ0v) is 27.2. The predicted octanol–water partition coefficient (Wildman–Crippen LogP) is 11.0. The number of halogens is 2. The lowest BCUT2D eigenvalue weighted by atomic mass is 9.85. The summed E-state index contributed by atoms with van der Waals surface area (Å²) in [6.45, 7) is 17.4. The molecule has 0 aliphatic heterocycles. The van der Waals surface area contributed by atoms with Crippen LogP contribution in [-0.2, 0) is 10.8 Å². The molecule has 4 heteroatoms. The van der Waals surface area contributed by atoms with Gasteiger partial charge in [0, 0.05) is 25.8 Å². The number of para-hydroxylation sites is 2. The first-order chi connectivity index (χ1) is 17.8. The Bertz CT molecular complexity index is 1210. The van der Waals surface area contributed by atoms with Gasteiger partial charge >= 0.3 is 0 Å². The Morgan fingerprint density at radius 3 is 1.08 bits per heavy atom. The van der Waals surface area contributed by atoms with Gasteiger partial charge in [0.15, 0.2) is 0 Å². The Balaban J connectivity index is 0.000000387. The second-order valence-corrected chi connectivity index (χ2v) is 12.8. The molecule has 0 radical (unpaired) electrons. The van der Waals surface area contributed by atoms with E-state index in [0.29, 0.717) is 0 Å². The van der Waals surface area contributed by atoms with E-state index in [0.717, 1.165) is 42.6 Å². The van der Waals surface area contributed by atoms with Crippen LogP contribution in [0.25, 0.3) is 22.3 Å². The van der Waals surface area contributed by atoms with Crippen LogP contribution in [0.15, 0.2) is 93.9 Å². The van der Waals surface area contributed by atoms with Crippen molar-refractivity contribution in [3.63, 3.8) is 0 Å². The Kier molecular flexibility index (Phi) is 11.2. The minimum absolute atomic E-state index is 0.153. The third kappa shape index (κ3) is 8.22. The van der Waals surface area contributed by atoms with E-state index in [-0.39, 0.29) is 10.8 Å². The molecule has 38 heavy (non-hydrogen) atoms. The lowest BCUT2D eigenvalue weighted by molar-refractivity contribution is 0.590. The van der Waals surface area contributed by atoms with Crippen LogP contribution in [-0.4, -0.2) is 0 Å². The first-order valence-electron chi connectivity index (χ1n) is 13.1. The van der Waals surface area contributed by atoms with E-state index in [1.165, 1.54) is 11.1 Å². The minimum Gasteiger partial charge on any atom is -0.398 e. The number of hydrogen-bond donors (Lipinski definition) is 2. The second kappa shape index (κ2) is 13.5. The summed E-state index contributed by atoms with van der Waals surface area (Å²) < 4.78 is 1.86. The maximum atomic E-state index is 6.60. The van der Waals surface area contributed by atoms with Crippen molar-refractivity contribution in [1.82, 2.24) is 0 Å². The van der Waals surface area contributed by atoms with Crippen molar-refractivity contribution in [3.05, 3.63) is 105 Å².